The predicted octanol–water partition coefficient (Wildman–Crippen LogP) is 4.58. The van der Waals surface area contributed by atoms with E-state index in [1.54, 1.807) is 41.5 Å². The summed E-state index contributed by atoms with van der Waals surface area (Å²) in [5.74, 6) is -4.68. The van der Waals surface area contributed by atoms with Gasteiger partial charge in [0.25, 0.3) is 5.91 Å². The first kappa shape index (κ1) is 29.1. The molecule has 2 aliphatic rings. The number of hydrogen-bond donors (Lipinski definition) is 0. The number of hydrogen-bond acceptors (Lipinski definition) is 7. The number of amides is 2. The van der Waals surface area contributed by atoms with Gasteiger partial charge >= 0.3 is 12.1 Å². The van der Waals surface area contributed by atoms with E-state index in [1.807, 2.05) is 0 Å². The van der Waals surface area contributed by atoms with Crippen LogP contribution in [0, 0.1) is 23.0 Å². The Balaban J connectivity index is 1.98. The number of nitrogens with zero attached hydrogens (tertiary/aromatic N) is 3. The molecule has 2 atom stereocenters. The Morgan fingerprint density at radius 3 is 2.32 bits per heavy atom. The quantitative estimate of drug-likeness (QED) is 0.508. The van der Waals surface area contributed by atoms with Crippen molar-refractivity contribution in [3.8, 4) is 11.8 Å². The van der Waals surface area contributed by atoms with Crippen molar-refractivity contribution in [2.75, 3.05) is 19.7 Å². The molecule has 0 aromatic heterocycles. The van der Waals surface area contributed by atoms with Gasteiger partial charge in [0, 0.05) is 13.1 Å². The third-order valence-electron chi connectivity index (χ3n) is 6.26. The fourth-order valence-corrected chi connectivity index (χ4v) is 4.63. The summed E-state index contributed by atoms with van der Waals surface area (Å²) in [6.07, 6.45) is 0.937. The van der Waals surface area contributed by atoms with Gasteiger partial charge in [-0.3, -0.25) is 9.69 Å². The van der Waals surface area contributed by atoms with Crippen LogP contribution >= 0.6 is 0 Å². The van der Waals surface area contributed by atoms with Crippen molar-refractivity contribution in [2.45, 2.75) is 90.0 Å². The summed E-state index contributed by atoms with van der Waals surface area (Å²) in [5.41, 5.74) is -3.61. The molecule has 2 aliphatic heterocycles. The highest BCUT2D eigenvalue weighted by Gasteiger charge is 2.55. The Kier molecular flexibility index (Phi) is 8.24. The average Bonchev–Trinajstić information content (AvgIpc) is 3.44. The van der Waals surface area contributed by atoms with E-state index >= 15 is 0 Å². The van der Waals surface area contributed by atoms with Crippen molar-refractivity contribution >= 4 is 18.0 Å². The van der Waals surface area contributed by atoms with Crippen LogP contribution < -0.4 is 4.74 Å². The Labute approximate surface area is 221 Å². The van der Waals surface area contributed by atoms with Crippen molar-refractivity contribution in [2.24, 2.45) is 0 Å². The number of nitriles is 1. The summed E-state index contributed by atoms with van der Waals surface area (Å²) in [5, 5.41) is 9.56. The lowest BCUT2D eigenvalue weighted by molar-refractivity contribution is -0.144. The molecule has 11 heteroatoms. The second kappa shape index (κ2) is 10.8. The molecule has 0 N–H and O–H groups in total. The van der Waals surface area contributed by atoms with E-state index in [0.29, 0.717) is 31.9 Å². The van der Waals surface area contributed by atoms with E-state index in [1.165, 1.54) is 9.80 Å². The van der Waals surface area contributed by atoms with E-state index in [4.69, 9.17) is 14.2 Å². The molecule has 2 amide bonds. The molecular formula is C27H35F2N3O6. The minimum absolute atomic E-state index is 0.162. The molecule has 1 aromatic carbocycles. The normalized spacial score (nSPS) is 21.7. The van der Waals surface area contributed by atoms with Crippen LogP contribution in [0.2, 0.25) is 0 Å². The summed E-state index contributed by atoms with van der Waals surface area (Å²) < 4.78 is 45.7. The van der Waals surface area contributed by atoms with Crippen molar-refractivity contribution in [1.29, 1.82) is 5.26 Å². The SMILES string of the molecule is CC(C)(C)OC(=O)c1cc(F)c(F)c(OC[C@@]2(C(=O)N3CCC[C@H]3C#N)CCCN2C(=O)OC(C)(C)C)c1. The van der Waals surface area contributed by atoms with Gasteiger partial charge < -0.3 is 19.1 Å². The van der Waals surface area contributed by atoms with Crippen molar-refractivity contribution in [3.05, 3.63) is 29.3 Å². The van der Waals surface area contributed by atoms with E-state index in [0.717, 1.165) is 6.07 Å². The maximum atomic E-state index is 14.8. The lowest BCUT2D eigenvalue weighted by Crippen LogP contribution is -2.62. The zero-order valence-corrected chi connectivity index (χ0v) is 22.7. The molecule has 2 heterocycles. The molecule has 0 bridgehead atoms. The number of benzene rings is 1. The summed E-state index contributed by atoms with van der Waals surface area (Å²) in [4.78, 5) is 42.3. The molecular weight excluding hydrogens is 500 g/mol. The zero-order valence-electron chi connectivity index (χ0n) is 22.7. The fourth-order valence-electron chi connectivity index (χ4n) is 4.63. The van der Waals surface area contributed by atoms with E-state index in [2.05, 4.69) is 6.07 Å². The van der Waals surface area contributed by atoms with Crippen LogP contribution in [0.15, 0.2) is 12.1 Å². The molecule has 38 heavy (non-hydrogen) atoms. The second-order valence-electron chi connectivity index (χ2n) is 11.6. The predicted molar refractivity (Wildman–Crippen MR) is 132 cm³/mol. The van der Waals surface area contributed by atoms with Gasteiger partial charge in [-0.2, -0.15) is 9.65 Å². The van der Waals surface area contributed by atoms with Gasteiger partial charge in [-0.1, -0.05) is 0 Å². The van der Waals surface area contributed by atoms with Gasteiger partial charge in [0.1, 0.15) is 23.9 Å². The number of esters is 1. The van der Waals surface area contributed by atoms with Gasteiger partial charge in [0.15, 0.2) is 17.1 Å². The highest BCUT2D eigenvalue weighted by Crippen LogP contribution is 2.36. The molecule has 0 aliphatic carbocycles. The first-order chi connectivity index (χ1) is 17.6. The lowest BCUT2D eigenvalue weighted by atomic mass is 9.94. The molecule has 2 fully saturated rings. The highest BCUT2D eigenvalue weighted by atomic mass is 19.2. The third kappa shape index (κ3) is 6.34. The van der Waals surface area contributed by atoms with Gasteiger partial charge in [0.2, 0.25) is 5.82 Å². The van der Waals surface area contributed by atoms with E-state index in [9.17, 15) is 28.4 Å². The number of likely N-dealkylation sites (tertiary alicyclic amines) is 2. The van der Waals surface area contributed by atoms with E-state index in [-0.39, 0.29) is 18.5 Å². The summed E-state index contributed by atoms with van der Waals surface area (Å²) in [6.45, 7) is 9.92. The Bertz CT molecular complexity index is 1140. The van der Waals surface area contributed by atoms with Crippen LogP contribution in [-0.4, -0.2) is 70.2 Å². The number of rotatable bonds is 5. The molecule has 9 nitrogen and oxygen atoms in total. The van der Waals surface area contributed by atoms with Gasteiger partial charge in [-0.25, -0.2) is 14.0 Å². The second-order valence-corrected chi connectivity index (χ2v) is 11.6. The largest absolute Gasteiger partial charge is 0.487 e. The van der Waals surface area contributed by atoms with Crippen molar-refractivity contribution in [1.82, 2.24) is 9.80 Å². The lowest BCUT2D eigenvalue weighted by Gasteiger charge is -2.40. The molecule has 1 aromatic rings. The van der Waals surface area contributed by atoms with Gasteiger partial charge in [-0.15, -0.1) is 0 Å². The van der Waals surface area contributed by atoms with Crippen molar-refractivity contribution < 1.29 is 37.4 Å². The number of ether oxygens (including phenoxy) is 3. The summed E-state index contributed by atoms with van der Waals surface area (Å²) in [6, 6.07) is 3.15. The topological polar surface area (TPSA) is 109 Å². The maximum Gasteiger partial charge on any atom is 0.411 e. The van der Waals surface area contributed by atoms with Crippen LogP contribution in [-0.2, 0) is 14.3 Å². The minimum Gasteiger partial charge on any atom is -0.487 e. The number of carbonyl (C=O) groups is 3. The maximum absolute atomic E-state index is 14.8. The van der Waals surface area contributed by atoms with Crippen LogP contribution in [0.25, 0.3) is 0 Å². The fraction of sp³-hybridized carbons (Fsp3) is 0.630. The first-order valence-electron chi connectivity index (χ1n) is 12.6. The molecule has 0 unspecified atom stereocenters. The molecule has 208 valence electrons. The Hall–Kier alpha value is -3.42. The summed E-state index contributed by atoms with van der Waals surface area (Å²) >= 11 is 0. The van der Waals surface area contributed by atoms with Crippen LogP contribution in [0.3, 0.4) is 0 Å². The molecule has 0 spiro atoms. The molecule has 0 radical (unpaired) electrons. The zero-order chi connectivity index (χ0) is 28.5. The monoisotopic (exact) mass is 535 g/mol. The van der Waals surface area contributed by atoms with Gasteiger partial charge in [-0.05, 0) is 79.4 Å². The third-order valence-corrected chi connectivity index (χ3v) is 6.26. The van der Waals surface area contributed by atoms with Crippen molar-refractivity contribution in [3.63, 3.8) is 0 Å². The molecule has 2 saturated heterocycles. The van der Waals surface area contributed by atoms with Gasteiger partial charge in [0.05, 0.1) is 11.6 Å². The van der Waals surface area contributed by atoms with Crippen LogP contribution in [0.4, 0.5) is 13.6 Å². The Morgan fingerprint density at radius 2 is 1.71 bits per heavy atom. The van der Waals surface area contributed by atoms with Crippen LogP contribution in [0.5, 0.6) is 5.75 Å². The molecule has 3 rings (SSSR count). The minimum atomic E-state index is -1.62. The van der Waals surface area contributed by atoms with Crippen LogP contribution in [0.1, 0.15) is 77.6 Å². The summed E-state index contributed by atoms with van der Waals surface area (Å²) in [7, 11) is 0. The highest BCUT2D eigenvalue weighted by molar-refractivity contribution is 5.92. The number of carbonyl (C=O) groups excluding carboxylic acids is 3. The Morgan fingerprint density at radius 1 is 1.05 bits per heavy atom. The van der Waals surface area contributed by atoms with E-state index < -0.39 is 64.7 Å². The number of halogens is 2. The smallest absolute Gasteiger partial charge is 0.411 e. The first-order valence-corrected chi connectivity index (χ1v) is 12.6. The average molecular weight is 536 g/mol. The molecule has 0 saturated carbocycles. The standard InChI is InChI=1S/C27H35F2N3O6/c1-25(2,3)37-22(33)17-13-19(28)21(29)20(14-17)36-16-27(23(34)31-11-7-9-18(31)15-30)10-8-12-32(27)24(35)38-26(4,5)6/h13-14,18H,7-12,16H2,1-6H3/t18-,27+/m0/s1.